The lowest BCUT2D eigenvalue weighted by Gasteiger charge is -2.24. The molecular formula is C5H10O3S. The van der Waals surface area contributed by atoms with Gasteiger partial charge in [0.2, 0.25) is 0 Å². The average Bonchev–Trinajstić information content (AvgIpc) is 1.62. The summed E-state index contributed by atoms with van der Waals surface area (Å²) in [6, 6.07) is 0. The molecule has 0 bridgehead atoms. The summed E-state index contributed by atoms with van der Waals surface area (Å²) in [4.78, 5) is 0. The molecule has 0 aromatic heterocycles. The molecule has 1 unspecified atom stereocenters. The van der Waals surface area contributed by atoms with E-state index in [0.29, 0.717) is 0 Å². The fourth-order valence-electron chi connectivity index (χ4n) is 0.881. The van der Waals surface area contributed by atoms with Gasteiger partial charge in [0.1, 0.15) is 5.75 Å². The molecule has 0 spiro atoms. The molecule has 0 radical (unpaired) electrons. The molecule has 4 heteroatoms. The highest BCUT2D eigenvalue weighted by Gasteiger charge is 2.33. The highest BCUT2D eigenvalue weighted by molar-refractivity contribution is 7.87. The first-order chi connectivity index (χ1) is 4.14. The van der Waals surface area contributed by atoms with E-state index in [1.807, 2.05) is 6.92 Å². The van der Waals surface area contributed by atoms with Crippen molar-refractivity contribution < 1.29 is 12.6 Å². The van der Waals surface area contributed by atoms with Crippen LogP contribution in [-0.2, 0) is 14.3 Å². The molecule has 9 heavy (non-hydrogen) atoms. The van der Waals surface area contributed by atoms with Crippen molar-refractivity contribution in [2.75, 3.05) is 5.75 Å². The third-order valence-electron chi connectivity index (χ3n) is 1.28. The van der Waals surface area contributed by atoms with Gasteiger partial charge in [0.05, 0.1) is 6.10 Å². The lowest BCUT2D eigenvalue weighted by Crippen LogP contribution is -2.38. The highest BCUT2D eigenvalue weighted by atomic mass is 32.2. The zero-order valence-electron chi connectivity index (χ0n) is 5.33. The first kappa shape index (κ1) is 7.02. The fraction of sp³-hybridized carbons (Fsp3) is 1.00. The van der Waals surface area contributed by atoms with Crippen LogP contribution in [0.2, 0.25) is 0 Å². The van der Waals surface area contributed by atoms with Gasteiger partial charge >= 0.3 is 0 Å². The van der Waals surface area contributed by atoms with E-state index in [4.69, 9.17) is 0 Å². The van der Waals surface area contributed by atoms with E-state index in [1.165, 1.54) is 0 Å². The quantitative estimate of drug-likeness (QED) is 0.539. The predicted octanol–water partition coefficient (Wildman–Crippen LogP) is 0.515. The van der Waals surface area contributed by atoms with E-state index in [9.17, 15) is 8.42 Å². The molecule has 1 saturated heterocycles. The second-order valence-electron chi connectivity index (χ2n) is 2.23. The van der Waals surface area contributed by atoms with Crippen LogP contribution in [0, 0.1) is 0 Å². The van der Waals surface area contributed by atoms with Crippen molar-refractivity contribution in [1.29, 1.82) is 0 Å². The van der Waals surface area contributed by atoms with Crippen molar-refractivity contribution in [3.8, 4) is 0 Å². The molecular weight excluding hydrogens is 140 g/mol. The zero-order valence-corrected chi connectivity index (χ0v) is 6.15. The first-order valence-corrected chi connectivity index (χ1v) is 4.63. The standard InChI is InChI=1S/C5H10O3S/c1-2-3-5-4-9(6,7)8-5/h5H,2-4H2,1H3. The molecule has 0 amide bonds. The summed E-state index contributed by atoms with van der Waals surface area (Å²) in [7, 11) is -3.05. The molecule has 1 heterocycles. The summed E-state index contributed by atoms with van der Waals surface area (Å²) in [5.41, 5.74) is 0. The molecule has 0 N–H and O–H groups in total. The van der Waals surface area contributed by atoms with Crippen LogP contribution in [0.3, 0.4) is 0 Å². The Kier molecular flexibility index (Phi) is 1.77. The maximum absolute atomic E-state index is 10.3. The molecule has 1 atom stereocenters. The fourth-order valence-corrected chi connectivity index (χ4v) is 2.00. The SMILES string of the molecule is CCCC1CS(=O)(=O)O1. The van der Waals surface area contributed by atoms with Crippen LogP contribution in [0.4, 0.5) is 0 Å². The average molecular weight is 150 g/mol. The summed E-state index contributed by atoms with van der Waals surface area (Å²) >= 11 is 0. The summed E-state index contributed by atoms with van der Waals surface area (Å²) in [6.45, 7) is 2.01. The minimum Gasteiger partial charge on any atom is -0.266 e. The van der Waals surface area contributed by atoms with E-state index >= 15 is 0 Å². The van der Waals surface area contributed by atoms with Gasteiger partial charge in [-0.15, -0.1) is 0 Å². The van der Waals surface area contributed by atoms with E-state index in [-0.39, 0.29) is 11.9 Å². The van der Waals surface area contributed by atoms with Gasteiger partial charge in [0.25, 0.3) is 10.1 Å². The van der Waals surface area contributed by atoms with Gasteiger partial charge in [0, 0.05) is 0 Å². The summed E-state index contributed by atoms with van der Waals surface area (Å²) in [5, 5.41) is 0. The molecule has 0 aromatic rings. The number of rotatable bonds is 2. The molecule has 3 nitrogen and oxygen atoms in total. The van der Waals surface area contributed by atoms with Crippen molar-refractivity contribution in [1.82, 2.24) is 0 Å². The van der Waals surface area contributed by atoms with Crippen LogP contribution in [-0.4, -0.2) is 20.3 Å². The maximum Gasteiger partial charge on any atom is 0.270 e. The summed E-state index contributed by atoms with van der Waals surface area (Å²) in [5.74, 6) is 0.223. The summed E-state index contributed by atoms with van der Waals surface area (Å²) in [6.07, 6.45) is 1.83. The Balaban J connectivity index is 2.28. The summed E-state index contributed by atoms with van der Waals surface area (Å²) < 4.78 is 25.2. The van der Waals surface area contributed by atoms with Crippen LogP contribution in [0.15, 0.2) is 0 Å². The maximum atomic E-state index is 10.3. The highest BCUT2D eigenvalue weighted by Crippen LogP contribution is 2.19. The third-order valence-corrected chi connectivity index (χ3v) is 2.63. The molecule has 1 aliphatic rings. The number of hydrogen-bond acceptors (Lipinski definition) is 3. The van der Waals surface area contributed by atoms with Crippen LogP contribution >= 0.6 is 0 Å². The Labute approximate surface area is 55.1 Å². The Hall–Kier alpha value is -0.0900. The molecule has 1 fully saturated rings. The Bertz CT molecular complexity index is 170. The smallest absolute Gasteiger partial charge is 0.266 e. The van der Waals surface area contributed by atoms with Crippen LogP contribution in [0.5, 0.6) is 0 Å². The first-order valence-electron chi connectivity index (χ1n) is 3.05. The minimum absolute atomic E-state index is 0.0139. The molecule has 0 saturated carbocycles. The second-order valence-corrected chi connectivity index (χ2v) is 3.87. The van der Waals surface area contributed by atoms with Gasteiger partial charge in [0.15, 0.2) is 0 Å². The predicted molar refractivity (Wildman–Crippen MR) is 33.6 cm³/mol. The zero-order chi connectivity index (χ0) is 6.91. The molecule has 0 aliphatic carbocycles. The largest absolute Gasteiger partial charge is 0.270 e. The van der Waals surface area contributed by atoms with E-state index in [0.717, 1.165) is 12.8 Å². The molecule has 54 valence electrons. The Morgan fingerprint density at radius 1 is 1.67 bits per heavy atom. The van der Waals surface area contributed by atoms with Gasteiger partial charge in [-0.05, 0) is 6.42 Å². The Morgan fingerprint density at radius 2 is 2.22 bits per heavy atom. The monoisotopic (exact) mass is 150 g/mol. The third kappa shape index (κ3) is 1.66. The van der Waals surface area contributed by atoms with Crippen molar-refractivity contribution in [3.05, 3.63) is 0 Å². The second kappa shape index (κ2) is 2.27. The van der Waals surface area contributed by atoms with E-state index in [2.05, 4.69) is 4.18 Å². The topological polar surface area (TPSA) is 43.4 Å². The van der Waals surface area contributed by atoms with Gasteiger partial charge in [-0.1, -0.05) is 13.3 Å². The lowest BCUT2D eigenvalue weighted by atomic mass is 10.2. The number of hydrogen-bond donors (Lipinski definition) is 0. The van der Waals surface area contributed by atoms with Crippen molar-refractivity contribution >= 4 is 10.1 Å². The van der Waals surface area contributed by atoms with Crippen LogP contribution < -0.4 is 0 Å². The van der Waals surface area contributed by atoms with Crippen LogP contribution in [0.1, 0.15) is 19.8 Å². The molecule has 0 aromatic carbocycles. The Morgan fingerprint density at radius 3 is 2.56 bits per heavy atom. The van der Waals surface area contributed by atoms with Crippen molar-refractivity contribution in [2.45, 2.75) is 25.9 Å². The van der Waals surface area contributed by atoms with Crippen LogP contribution in [0.25, 0.3) is 0 Å². The van der Waals surface area contributed by atoms with E-state index in [1.54, 1.807) is 0 Å². The lowest BCUT2D eigenvalue weighted by molar-refractivity contribution is 0.169. The minimum atomic E-state index is -3.05. The normalized spacial score (nSPS) is 31.4. The van der Waals surface area contributed by atoms with Gasteiger partial charge in [-0.3, -0.25) is 4.18 Å². The molecule has 1 rings (SSSR count). The van der Waals surface area contributed by atoms with Crippen molar-refractivity contribution in [2.24, 2.45) is 0 Å². The van der Waals surface area contributed by atoms with Crippen molar-refractivity contribution in [3.63, 3.8) is 0 Å². The van der Waals surface area contributed by atoms with E-state index < -0.39 is 10.1 Å². The molecule has 1 aliphatic heterocycles. The van der Waals surface area contributed by atoms with Gasteiger partial charge in [-0.25, -0.2) is 0 Å². The van der Waals surface area contributed by atoms with Gasteiger partial charge < -0.3 is 0 Å². The van der Waals surface area contributed by atoms with Gasteiger partial charge in [-0.2, -0.15) is 8.42 Å².